The molecule has 39 heavy (non-hydrogen) atoms. The summed E-state index contributed by atoms with van der Waals surface area (Å²) < 4.78 is 44.6. The van der Waals surface area contributed by atoms with E-state index in [-0.39, 0.29) is 32.3 Å². The van der Waals surface area contributed by atoms with Crippen LogP contribution in [0.1, 0.15) is 58.3 Å². The number of hydrogen-bond donors (Lipinski definition) is 1. The summed E-state index contributed by atoms with van der Waals surface area (Å²) in [7, 11) is 1.48. The molecular weight excluding hydrogens is 592 g/mol. The fraction of sp³-hybridized carbons (Fsp3) is 0.808. The van der Waals surface area contributed by atoms with E-state index in [2.05, 4.69) is 20.1 Å². The van der Waals surface area contributed by atoms with Crippen LogP contribution in [0.25, 0.3) is 0 Å². The molecule has 0 aromatic heterocycles. The topological polar surface area (TPSA) is 97.7 Å². The second-order valence-corrected chi connectivity index (χ2v) is 12.4. The first-order valence-corrected chi connectivity index (χ1v) is 15.5. The van der Waals surface area contributed by atoms with Crippen LogP contribution in [-0.4, -0.2) is 81.0 Å². The molecule has 0 bridgehead atoms. The predicted octanol–water partition coefficient (Wildman–Crippen LogP) is 7.28. The lowest BCUT2D eigenvalue weighted by atomic mass is 10.0. The molecule has 3 unspecified atom stereocenters. The SMILES string of the molecule is C=CCOP(OCC=C)O[C@H]1C(OCCC(CCCCCCC)OC)C[C@@H](OC(=N)C(Cl)(Cl)Cl)OC1COC. The normalized spacial score (nSPS) is 22.5. The van der Waals surface area contributed by atoms with E-state index in [1.54, 1.807) is 26.4 Å². The second-order valence-electron chi connectivity index (χ2n) is 8.96. The smallest absolute Gasteiger partial charge is 0.333 e. The van der Waals surface area contributed by atoms with Crippen molar-refractivity contribution in [3.8, 4) is 0 Å². The third-order valence-corrected chi connectivity index (χ3v) is 7.51. The zero-order valence-electron chi connectivity index (χ0n) is 23.3. The zero-order chi connectivity index (χ0) is 29.1. The van der Waals surface area contributed by atoms with Gasteiger partial charge in [-0.25, -0.2) is 0 Å². The number of hydrogen-bond acceptors (Lipinski definition) is 9. The van der Waals surface area contributed by atoms with Gasteiger partial charge in [0.2, 0.25) is 12.2 Å². The van der Waals surface area contributed by atoms with Crippen molar-refractivity contribution in [1.82, 2.24) is 0 Å². The van der Waals surface area contributed by atoms with Crippen LogP contribution in [0, 0.1) is 5.41 Å². The molecule has 13 heteroatoms. The number of alkyl halides is 3. The molecule has 0 saturated carbocycles. The number of nitrogens with one attached hydrogen (secondary N) is 1. The lowest BCUT2D eigenvalue weighted by molar-refractivity contribution is -0.241. The first kappa shape index (κ1) is 37.0. The molecule has 9 nitrogen and oxygen atoms in total. The van der Waals surface area contributed by atoms with Crippen LogP contribution in [0.2, 0.25) is 0 Å². The van der Waals surface area contributed by atoms with Gasteiger partial charge in [0.25, 0.3) is 3.79 Å². The van der Waals surface area contributed by atoms with Gasteiger partial charge in [0.15, 0.2) is 0 Å². The Bertz CT molecular complexity index is 676. The van der Waals surface area contributed by atoms with Gasteiger partial charge in [-0.1, -0.05) is 86.0 Å². The summed E-state index contributed by atoms with van der Waals surface area (Å²) in [6, 6.07) is 0. The average molecular weight is 637 g/mol. The zero-order valence-corrected chi connectivity index (χ0v) is 26.5. The Labute approximate surface area is 250 Å². The van der Waals surface area contributed by atoms with Gasteiger partial charge in [0, 0.05) is 27.2 Å². The fourth-order valence-electron chi connectivity index (χ4n) is 3.89. The Hall–Kier alpha value is -0.0300. The van der Waals surface area contributed by atoms with Crippen LogP contribution in [0.15, 0.2) is 25.3 Å². The minimum atomic E-state index is -2.03. The number of ether oxygens (including phenoxy) is 5. The van der Waals surface area contributed by atoms with Crippen molar-refractivity contribution in [2.45, 2.75) is 92.8 Å². The molecule has 0 spiro atoms. The summed E-state index contributed by atoms with van der Waals surface area (Å²) >= 11 is 17.5. The highest BCUT2D eigenvalue weighted by atomic mass is 35.6. The number of halogens is 3. The average Bonchev–Trinajstić information content (AvgIpc) is 2.90. The van der Waals surface area contributed by atoms with Gasteiger partial charge < -0.3 is 37.3 Å². The van der Waals surface area contributed by atoms with E-state index >= 15 is 0 Å². The standard InChI is InChI=1S/C26H45Cl3NO8P/c1-6-9-10-11-12-13-20(32-5)14-17-33-21-18-23(37-25(30)26(27,28)29)36-22(19-31-4)24(21)38-39(34-15-7-2)35-16-8-3/h7-8,20-24,30H,2-3,6,9-19H2,1,4-5H3/t20?,21?,22?,23-,24+/m1/s1. The van der Waals surface area contributed by atoms with Gasteiger partial charge in [-0.05, 0) is 12.8 Å². The van der Waals surface area contributed by atoms with E-state index in [1.165, 1.54) is 25.7 Å². The third kappa shape index (κ3) is 15.7. The van der Waals surface area contributed by atoms with Crippen molar-refractivity contribution >= 4 is 49.3 Å². The van der Waals surface area contributed by atoms with Crippen molar-refractivity contribution in [1.29, 1.82) is 5.41 Å². The summed E-state index contributed by atoms with van der Waals surface area (Å²) in [5, 5.41) is 7.98. The monoisotopic (exact) mass is 635 g/mol. The molecule has 0 radical (unpaired) electrons. The van der Waals surface area contributed by atoms with Gasteiger partial charge in [-0.3, -0.25) is 5.41 Å². The quantitative estimate of drug-likeness (QED) is 0.0331. The van der Waals surface area contributed by atoms with Crippen LogP contribution >= 0.6 is 43.4 Å². The Morgan fingerprint density at radius 1 is 1.08 bits per heavy atom. The highest BCUT2D eigenvalue weighted by molar-refractivity contribution is 7.41. The molecule has 0 aliphatic carbocycles. The number of methoxy groups -OCH3 is 2. The maximum atomic E-state index is 7.98. The van der Waals surface area contributed by atoms with Crippen molar-refractivity contribution in [3.05, 3.63) is 25.3 Å². The summed E-state index contributed by atoms with van der Waals surface area (Å²) in [5.74, 6) is -0.555. The molecule has 1 aliphatic rings. The van der Waals surface area contributed by atoms with Gasteiger partial charge >= 0.3 is 8.60 Å². The Balaban J connectivity index is 2.97. The van der Waals surface area contributed by atoms with Crippen LogP contribution in [0.3, 0.4) is 0 Å². The van der Waals surface area contributed by atoms with E-state index in [1.807, 2.05) is 0 Å². The highest BCUT2D eigenvalue weighted by Crippen LogP contribution is 2.44. The van der Waals surface area contributed by atoms with Crippen LogP contribution in [-0.2, 0) is 37.3 Å². The number of rotatable bonds is 22. The number of unbranched alkanes of at least 4 members (excludes halogenated alkanes) is 4. The molecule has 1 heterocycles. The minimum Gasteiger partial charge on any atom is -0.448 e. The maximum Gasteiger partial charge on any atom is 0.333 e. The lowest BCUT2D eigenvalue weighted by Gasteiger charge is -2.41. The van der Waals surface area contributed by atoms with Crippen molar-refractivity contribution in [2.75, 3.05) is 40.6 Å². The lowest BCUT2D eigenvalue weighted by Crippen LogP contribution is -2.53. The molecule has 1 rings (SSSR count). The van der Waals surface area contributed by atoms with E-state index < -0.39 is 42.9 Å². The molecule has 0 amide bonds. The molecular formula is C26H45Cl3NO8P. The van der Waals surface area contributed by atoms with E-state index in [4.69, 9.17) is 77.5 Å². The van der Waals surface area contributed by atoms with Crippen molar-refractivity contribution in [2.24, 2.45) is 0 Å². The van der Waals surface area contributed by atoms with E-state index in [9.17, 15) is 0 Å². The first-order chi connectivity index (χ1) is 18.7. The van der Waals surface area contributed by atoms with Crippen LogP contribution in [0.4, 0.5) is 0 Å². The van der Waals surface area contributed by atoms with Gasteiger partial charge in [-0.15, -0.1) is 13.2 Å². The molecule has 228 valence electrons. The summed E-state index contributed by atoms with van der Waals surface area (Å²) in [6.07, 6.45) is 8.42. The third-order valence-electron chi connectivity index (χ3n) is 5.86. The second kappa shape index (κ2) is 21.6. The van der Waals surface area contributed by atoms with Gasteiger partial charge in [-0.2, -0.15) is 0 Å². The summed E-state index contributed by atoms with van der Waals surface area (Å²) in [4.78, 5) is 0. The minimum absolute atomic E-state index is 0.0779. The molecule has 0 aromatic carbocycles. The molecule has 5 atom stereocenters. The molecule has 1 aliphatic heterocycles. The van der Waals surface area contributed by atoms with Gasteiger partial charge in [0.05, 0.1) is 32.0 Å². The van der Waals surface area contributed by atoms with E-state index in [0.717, 1.165) is 12.8 Å². The molecule has 0 aromatic rings. The Kier molecular flexibility index (Phi) is 20.5. The highest BCUT2D eigenvalue weighted by Gasteiger charge is 2.45. The molecule has 1 fully saturated rings. The van der Waals surface area contributed by atoms with Crippen molar-refractivity contribution in [3.63, 3.8) is 0 Å². The first-order valence-electron chi connectivity index (χ1n) is 13.3. The maximum absolute atomic E-state index is 7.98. The van der Waals surface area contributed by atoms with Crippen LogP contribution < -0.4 is 0 Å². The predicted molar refractivity (Wildman–Crippen MR) is 157 cm³/mol. The molecule has 1 saturated heterocycles. The Morgan fingerprint density at radius 3 is 2.31 bits per heavy atom. The fourth-order valence-corrected chi connectivity index (χ4v) is 5.15. The van der Waals surface area contributed by atoms with Gasteiger partial charge in [0.1, 0.15) is 12.2 Å². The molecule has 1 N–H and O–H groups in total. The Morgan fingerprint density at radius 2 is 1.74 bits per heavy atom. The summed E-state index contributed by atoms with van der Waals surface area (Å²) in [6.45, 7) is 10.6. The largest absolute Gasteiger partial charge is 0.448 e. The summed E-state index contributed by atoms with van der Waals surface area (Å²) in [5.41, 5.74) is 0. The van der Waals surface area contributed by atoms with Crippen LogP contribution in [0.5, 0.6) is 0 Å². The van der Waals surface area contributed by atoms with E-state index in [0.29, 0.717) is 13.0 Å². The van der Waals surface area contributed by atoms with Crippen molar-refractivity contribution < 1.29 is 37.3 Å².